The molecule has 0 saturated heterocycles. The van der Waals surface area contributed by atoms with E-state index >= 15 is 0 Å². The van der Waals surface area contributed by atoms with Gasteiger partial charge >= 0.3 is 0 Å². The Bertz CT molecular complexity index is 3690. The van der Waals surface area contributed by atoms with Gasteiger partial charge in [0.2, 0.25) is 5.72 Å². The molecule has 0 saturated carbocycles. The largest absolute Gasteiger partial charge is 0.504 e. The van der Waals surface area contributed by atoms with E-state index in [1.54, 1.807) is 9.47 Å². The average Bonchev–Trinajstić information content (AvgIpc) is 3.74. The molecule has 1 heterocycles. The van der Waals surface area contributed by atoms with Crippen LogP contribution in [-0.4, -0.2) is 36.8 Å². The van der Waals surface area contributed by atoms with E-state index in [1.807, 2.05) is 97.9 Å². The SMILES string of the molecule is C=C/C=C\C(=C/C)C(/C(CC)=C(C)/C=C\C)(c1cccc(N(c2cccc(-c3cc4ccccc4c4ccccc34)c2)C2(O)C(n3c4ccccc4c4ccccc43)=C(O)C(O)=C[C@H]2O)c1)[C@]1(C)C=CC=CC1. The smallest absolute Gasteiger partial charge is 0.218 e. The maximum Gasteiger partial charge on any atom is 0.218 e. The predicted octanol–water partition coefficient (Wildman–Crippen LogP) is 16.6. The van der Waals surface area contributed by atoms with Crippen LogP contribution in [0.3, 0.4) is 0 Å². The summed E-state index contributed by atoms with van der Waals surface area (Å²) in [6.07, 6.45) is 22.1. The van der Waals surface area contributed by atoms with E-state index in [0.29, 0.717) is 22.4 Å². The highest BCUT2D eigenvalue weighted by Crippen LogP contribution is 2.59. The lowest BCUT2D eigenvalue weighted by molar-refractivity contribution is -0.0108. The first-order valence-electron chi connectivity index (χ1n) is 25.3. The number of anilines is 2. The highest BCUT2D eigenvalue weighted by Gasteiger charge is 2.55. The molecule has 0 bridgehead atoms. The summed E-state index contributed by atoms with van der Waals surface area (Å²) in [6.45, 7) is 15.0. The monoisotopic (exact) mass is 958 g/mol. The van der Waals surface area contributed by atoms with Gasteiger partial charge in [0.1, 0.15) is 11.8 Å². The number of aliphatic hydroxyl groups excluding tert-OH is 3. The van der Waals surface area contributed by atoms with Crippen LogP contribution in [0, 0.1) is 5.41 Å². The third-order valence-electron chi connectivity index (χ3n) is 15.4. The fourth-order valence-corrected chi connectivity index (χ4v) is 12.3. The molecule has 10 rings (SSSR count). The summed E-state index contributed by atoms with van der Waals surface area (Å²) < 4.78 is 1.78. The second-order valence-corrected chi connectivity index (χ2v) is 19.4. The number of hydrogen-bond acceptors (Lipinski definition) is 5. The number of aliphatic hydroxyl groups is 4. The van der Waals surface area contributed by atoms with Crippen molar-refractivity contribution in [2.24, 2.45) is 5.41 Å². The number of allylic oxidation sites excluding steroid dienone is 13. The summed E-state index contributed by atoms with van der Waals surface area (Å²) in [7, 11) is 0. The van der Waals surface area contributed by atoms with Crippen LogP contribution in [0.4, 0.5) is 11.4 Å². The van der Waals surface area contributed by atoms with E-state index < -0.39 is 34.2 Å². The van der Waals surface area contributed by atoms with Crippen LogP contribution >= 0.6 is 0 Å². The standard InChI is InChI=1S/C67H62N2O4/c1-7-11-28-48(9-3)66(58(10-4)45(5)25-8-2,65(6)39-21-12-22-40-65)49-29-24-31-51(43-49)69(50-30-23-27-46(41-50)57-42-47-26-13-14-32-52(47)53-33-15-16-34-54(53)57)67(73)62(71)44-61(70)63(72)64(67)68-59-37-19-17-35-55(59)56-36-18-20-38-60(56)68/h7-9,11-39,41-44,62,70-73H,1,10,40H2,2-6H3/b25-8-,28-11-,48-9+,58-45+/t62-,65-,66?,67?/m1/s1. The molecule has 2 unspecified atom stereocenters. The average molecular weight is 959 g/mol. The summed E-state index contributed by atoms with van der Waals surface area (Å²) in [6, 6.07) is 50.9. The van der Waals surface area contributed by atoms with E-state index in [9.17, 15) is 20.4 Å². The Labute approximate surface area is 428 Å². The van der Waals surface area contributed by atoms with Crippen molar-refractivity contribution in [2.45, 2.75) is 64.7 Å². The first-order chi connectivity index (χ1) is 35.5. The topological polar surface area (TPSA) is 89.1 Å². The first kappa shape index (κ1) is 48.5. The second-order valence-electron chi connectivity index (χ2n) is 19.4. The van der Waals surface area contributed by atoms with Crippen molar-refractivity contribution in [1.29, 1.82) is 0 Å². The van der Waals surface area contributed by atoms with Gasteiger partial charge in [-0.3, -0.25) is 0 Å². The Balaban J connectivity index is 1.33. The quantitative estimate of drug-likeness (QED) is 0.0525. The molecule has 0 spiro atoms. The Kier molecular flexibility index (Phi) is 12.9. The van der Waals surface area contributed by atoms with Gasteiger partial charge in [-0.15, -0.1) is 0 Å². The predicted molar refractivity (Wildman–Crippen MR) is 306 cm³/mol. The molecule has 2 aliphatic rings. The van der Waals surface area contributed by atoms with Crippen LogP contribution in [0.25, 0.3) is 60.2 Å². The first-order valence-corrected chi connectivity index (χ1v) is 25.3. The van der Waals surface area contributed by atoms with Gasteiger partial charge in [-0.2, -0.15) is 0 Å². The molecule has 4 atom stereocenters. The van der Waals surface area contributed by atoms with Crippen LogP contribution in [0.1, 0.15) is 53.0 Å². The molecule has 364 valence electrons. The summed E-state index contributed by atoms with van der Waals surface area (Å²) in [5, 5.41) is 57.7. The van der Waals surface area contributed by atoms with E-state index in [2.05, 4.69) is 156 Å². The number of hydrogen-bond donors (Lipinski definition) is 4. The van der Waals surface area contributed by atoms with Crippen LogP contribution in [-0.2, 0) is 5.41 Å². The van der Waals surface area contributed by atoms with Gasteiger partial charge in [0.05, 0.1) is 16.4 Å². The summed E-state index contributed by atoms with van der Waals surface area (Å²) in [4.78, 5) is 1.75. The zero-order valence-electron chi connectivity index (χ0n) is 42.2. The van der Waals surface area contributed by atoms with E-state index in [0.717, 1.165) is 79.1 Å². The lowest BCUT2D eigenvalue weighted by Gasteiger charge is -2.52. The number of rotatable bonds is 13. The maximum atomic E-state index is 14.4. The molecule has 7 aromatic carbocycles. The third kappa shape index (κ3) is 7.72. The maximum absolute atomic E-state index is 14.4. The van der Waals surface area contributed by atoms with Crippen molar-refractivity contribution >= 4 is 60.4 Å². The van der Waals surface area contributed by atoms with Crippen molar-refractivity contribution in [1.82, 2.24) is 4.57 Å². The zero-order chi connectivity index (χ0) is 51.1. The van der Waals surface area contributed by atoms with Crippen LogP contribution in [0.2, 0.25) is 0 Å². The highest BCUT2D eigenvalue weighted by atomic mass is 16.4. The lowest BCUT2D eigenvalue weighted by Crippen LogP contribution is -2.58. The summed E-state index contributed by atoms with van der Waals surface area (Å²) in [5.41, 5.74) is 4.73. The van der Waals surface area contributed by atoms with Crippen molar-refractivity contribution in [3.63, 3.8) is 0 Å². The number of nitrogens with zero attached hydrogens (tertiary/aromatic N) is 2. The van der Waals surface area contributed by atoms with Crippen molar-refractivity contribution in [2.75, 3.05) is 4.90 Å². The molecule has 0 fully saturated rings. The van der Waals surface area contributed by atoms with Gasteiger partial charge in [-0.25, -0.2) is 0 Å². The second kappa shape index (κ2) is 19.5. The molecule has 73 heavy (non-hydrogen) atoms. The normalized spacial score (nSPS) is 20.6. The van der Waals surface area contributed by atoms with Crippen LogP contribution < -0.4 is 4.90 Å². The van der Waals surface area contributed by atoms with Crippen LogP contribution in [0.5, 0.6) is 0 Å². The zero-order valence-corrected chi connectivity index (χ0v) is 42.2. The summed E-state index contributed by atoms with van der Waals surface area (Å²) >= 11 is 0. The Hall–Kier alpha value is -8.16. The number of fused-ring (bicyclic) bond motifs is 6. The molecule has 2 aliphatic carbocycles. The minimum Gasteiger partial charge on any atom is -0.504 e. The van der Waals surface area contributed by atoms with Crippen molar-refractivity contribution < 1.29 is 20.4 Å². The van der Waals surface area contributed by atoms with Gasteiger partial charge in [0.15, 0.2) is 11.5 Å². The van der Waals surface area contributed by atoms with Gasteiger partial charge in [0.25, 0.3) is 0 Å². The highest BCUT2D eigenvalue weighted by molar-refractivity contribution is 6.14. The Morgan fingerprint density at radius 3 is 2.03 bits per heavy atom. The van der Waals surface area contributed by atoms with Gasteiger partial charge in [0, 0.05) is 27.6 Å². The van der Waals surface area contributed by atoms with Crippen molar-refractivity contribution in [3.8, 4) is 11.1 Å². The Morgan fingerprint density at radius 2 is 1.38 bits per heavy atom. The molecule has 4 N–H and O–H groups in total. The number of aromatic nitrogens is 1. The fraction of sp³-hybridized carbons (Fsp3) is 0.164. The number of benzene rings is 7. The summed E-state index contributed by atoms with van der Waals surface area (Å²) in [5.74, 6) is -1.12. The molecule has 0 radical (unpaired) electrons. The molecule has 0 aliphatic heterocycles. The lowest BCUT2D eigenvalue weighted by atomic mass is 9.50. The minimum atomic E-state index is -2.49. The molecule has 6 heteroatoms. The van der Waals surface area contributed by atoms with Gasteiger partial charge in [-0.1, -0.05) is 202 Å². The van der Waals surface area contributed by atoms with E-state index in [4.69, 9.17) is 0 Å². The molecular weight excluding hydrogens is 897 g/mol. The third-order valence-corrected chi connectivity index (χ3v) is 15.4. The van der Waals surface area contributed by atoms with Gasteiger partial charge < -0.3 is 29.9 Å². The fourth-order valence-electron chi connectivity index (χ4n) is 12.3. The molecule has 6 nitrogen and oxygen atoms in total. The molecular formula is C67H62N2O4. The van der Waals surface area contributed by atoms with E-state index in [1.165, 1.54) is 5.57 Å². The van der Waals surface area contributed by atoms with Crippen LogP contribution in [0.15, 0.2) is 253 Å². The number of para-hydroxylation sites is 2. The molecule has 1 aromatic heterocycles. The Morgan fingerprint density at radius 1 is 0.753 bits per heavy atom. The minimum absolute atomic E-state index is 0.107. The van der Waals surface area contributed by atoms with Gasteiger partial charge in [-0.05, 0) is 126 Å². The molecule has 0 amide bonds. The molecule has 8 aromatic rings. The van der Waals surface area contributed by atoms with Crippen molar-refractivity contribution in [3.05, 3.63) is 259 Å². The van der Waals surface area contributed by atoms with E-state index in [-0.39, 0.29) is 5.70 Å².